The van der Waals surface area contributed by atoms with Gasteiger partial charge in [0.25, 0.3) is 0 Å². The molecule has 0 aliphatic heterocycles. The van der Waals surface area contributed by atoms with Crippen molar-refractivity contribution in [2.45, 2.75) is 13.8 Å². The van der Waals surface area contributed by atoms with Crippen LogP contribution in [0.3, 0.4) is 0 Å². The summed E-state index contributed by atoms with van der Waals surface area (Å²) in [5.74, 6) is 0.184. The second kappa shape index (κ2) is 3.38. The van der Waals surface area contributed by atoms with Crippen LogP contribution in [0.1, 0.15) is 11.4 Å². The molecule has 0 saturated carbocycles. The molecule has 0 fully saturated rings. The lowest BCUT2D eigenvalue weighted by Gasteiger charge is -2.04. The number of hydrogen-bond donors (Lipinski definition) is 1. The molecule has 0 aromatic carbocycles. The van der Waals surface area contributed by atoms with E-state index >= 15 is 0 Å². The molecule has 1 N–H and O–H groups in total. The molecular weight excluding hydrogens is 190 g/mol. The smallest absolute Gasteiger partial charge is 0.143 e. The third-order valence-corrected chi connectivity index (χ3v) is 2.26. The fourth-order valence-electron chi connectivity index (χ4n) is 1.57. The number of aromatic nitrogens is 3. The maximum Gasteiger partial charge on any atom is 0.143 e. The number of aryl methyl sites for hydroxylation is 3. The Kier molecular flexibility index (Phi) is 2.19. The van der Waals surface area contributed by atoms with Gasteiger partial charge in [-0.3, -0.25) is 4.68 Å². The molecule has 0 saturated heterocycles. The van der Waals surface area contributed by atoms with E-state index in [1.54, 1.807) is 16.8 Å². The van der Waals surface area contributed by atoms with Gasteiger partial charge in [0.05, 0.1) is 11.4 Å². The maximum atomic E-state index is 9.72. The predicted molar refractivity (Wildman–Crippen MR) is 57.6 cm³/mol. The van der Waals surface area contributed by atoms with Crippen LogP contribution in [0, 0.1) is 13.8 Å². The van der Waals surface area contributed by atoms with Crippen molar-refractivity contribution in [1.29, 1.82) is 0 Å². The minimum absolute atomic E-state index is 0.184. The van der Waals surface area contributed by atoms with Crippen LogP contribution < -0.4 is 0 Å². The molecule has 0 amide bonds. The second-order valence-electron chi connectivity index (χ2n) is 3.61. The molecule has 0 unspecified atom stereocenters. The van der Waals surface area contributed by atoms with Crippen LogP contribution in [-0.2, 0) is 7.05 Å². The summed E-state index contributed by atoms with van der Waals surface area (Å²) in [5.41, 5.74) is 3.20. The van der Waals surface area contributed by atoms with Gasteiger partial charge in [-0.25, -0.2) is 4.98 Å². The van der Waals surface area contributed by atoms with Crippen LogP contribution in [0.4, 0.5) is 0 Å². The van der Waals surface area contributed by atoms with Crippen LogP contribution in [0.15, 0.2) is 18.2 Å². The van der Waals surface area contributed by atoms with Crippen molar-refractivity contribution in [2.24, 2.45) is 7.05 Å². The van der Waals surface area contributed by atoms with Gasteiger partial charge in [0, 0.05) is 12.7 Å². The number of rotatable bonds is 1. The molecule has 0 atom stereocenters. The van der Waals surface area contributed by atoms with Crippen LogP contribution >= 0.6 is 0 Å². The Morgan fingerprint density at radius 1 is 1.20 bits per heavy atom. The third kappa shape index (κ3) is 1.70. The highest BCUT2D eigenvalue weighted by Gasteiger charge is 2.11. The number of nitrogens with zero attached hydrogens (tertiary/aromatic N) is 3. The first kappa shape index (κ1) is 9.71. The number of aromatic hydroxyl groups is 1. The van der Waals surface area contributed by atoms with Gasteiger partial charge in [-0.05, 0) is 32.0 Å². The quantitative estimate of drug-likeness (QED) is 0.769. The topological polar surface area (TPSA) is 50.9 Å². The van der Waals surface area contributed by atoms with Crippen LogP contribution in [-0.4, -0.2) is 19.9 Å². The molecule has 15 heavy (non-hydrogen) atoms. The van der Waals surface area contributed by atoms with E-state index in [0.717, 1.165) is 17.1 Å². The minimum Gasteiger partial charge on any atom is -0.506 e. The molecule has 0 spiro atoms. The zero-order valence-corrected chi connectivity index (χ0v) is 9.02. The summed E-state index contributed by atoms with van der Waals surface area (Å²) >= 11 is 0. The zero-order chi connectivity index (χ0) is 11.0. The SMILES string of the molecule is Cc1ccc(O)c(-c2cc(C)nn2C)n1. The van der Waals surface area contributed by atoms with Crippen molar-refractivity contribution in [2.75, 3.05) is 0 Å². The normalized spacial score (nSPS) is 10.6. The Labute approximate surface area is 88.2 Å². The zero-order valence-electron chi connectivity index (χ0n) is 9.02. The minimum atomic E-state index is 0.184. The Morgan fingerprint density at radius 2 is 1.93 bits per heavy atom. The number of pyridine rings is 1. The van der Waals surface area contributed by atoms with E-state index in [1.165, 1.54) is 0 Å². The molecule has 0 radical (unpaired) electrons. The van der Waals surface area contributed by atoms with E-state index in [0.29, 0.717) is 5.69 Å². The van der Waals surface area contributed by atoms with E-state index in [1.807, 2.05) is 27.0 Å². The molecular formula is C11H13N3O. The summed E-state index contributed by atoms with van der Waals surface area (Å²) in [6.07, 6.45) is 0. The average molecular weight is 203 g/mol. The van der Waals surface area contributed by atoms with E-state index in [9.17, 15) is 5.11 Å². The molecule has 2 aromatic heterocycles. The Hall–Kier alpha value is -1.84. The first-order chi connectivity index (χ1) is 7.08. The van der Waals surface area contributed by atoms with E-state index in [4.69, 9.17) is 0 Å². The highest BCUT2D eigenvalue weighted by molar-refractivity contribution is 5.62. The summed E-state index contributed by atoms with van der Waals surface area (Å²) in [7, 11) is 1.84. The van der Waals surface area contributed by atoms with Crippen molar-refractivity contribution in [1.82, 2.24) is 14.8 Å². The Balaban J connectivity index is 2.62. The van der Waals surface area contributed by atoms with Gasteiger partial charge in [0.15, 0.2) is 0 Å². The Bertz CT molecular complexity index is 503. The molecule has 4 nitrogen and oxygen atoms in total. The second-order valence-corrected chi connectivity index (χ2v) is 3.61. The van der Waals surface area contributed by atoms with Gasteiger partial charge in [-0.2, -0.15) is 5.10 Å². The third-order valence-electron chi connectivity index (χ3n) is 2.26. The largest absolute Gasteiger partial charge is 0.506 e. The van der Waals surface area contributed by atoms with Gasteiger partial charge in [0.1, 0.15) is 11.4 Å². The van der Waals surface area contributed by atoms with Gasteiger partial charge in [0.2, 0.25) is 0 Å². The first-order valence-electron chi connectivity index (χ1n) is 4.75. The van der Waals surface area contributed by atoms with Crippen molar-refractivity contribution >= 4 is 0 Å². The van der Waals surface area contributed by atoms with Gasteiger partial charge in [-0.15, -0.1) is 0 Å². The monoisotopic (exact) mass is 203 g/mol. The standard InChI is InChI=1S/C11H13N3O/c1-7-4-5-10(15)11(12-7)9-6-8(2)13-14(9)3/h4-6,15H,1-3H3. The van der Waals surface area contributed by atoms with Gasteiger partial charge in [-0.1, -0.05) is 0 Å². The lowest BCUT2D eigenvalue weighted by Crippen LogP contribution is -1.96. The van der Waals surface area contributed by atoms with E-state index in [2.05, 4.69) is 10.1 Å². The lowest BCUT2D eigenvalue weighted by atomic mass is 10.2. The summed E-state index contributed by atoms with van der Waals surface area (Å²) in [6, 6.07) is 5.34. The molecule has 0 bridgehead atoms. The van der Waals surface area contributed by atoms with Crippen LogP contribution in [0.25, 0.3) is 11.4 Å². The first-order valence-corrected chi connectivity index (χ1v) is 4.75. The molecule has 78 valence electrons. The van der Waals surface area contributed by atoms with Crippen molar-refractivity contribution in [3.8, 4) is 17.1 Å². The summed E-state index contributed by atoms with van der Waals surface area (Å²) < 4.78 is 1.72. The Morgan fingerprint density at radius 3 is 2.53 bits per heavy atom. The molecule has 0 aliphatic carbocycles. The fourth-order valence-corrected chi connectivity index (χ4v) is 1.57. The van der Waals surface area contributed by atoms with Crippen LogP contribution in [0.5, 0.6) is 5.75 Å². The highest BCUT2D eigenvalue weighted by atomic mass is 16.3. The van der Waals surface area contributed by atoms with Crippen molar-refractivity contribution in [3.05, 3.63) is 29.6 Å². The highest BCUT2D eigenvalue weighted by Crippen LogP contribution is 2.26. The average Bonchev–Trinajstić information content (AvgIpc) is 2.50. The van der Waals surface area contributed by atoms with Crippen molar-refractivity contribution in [3.63, 3.8) is 0 Å². The molecule has 4 heteroatoms. The lowest BCUT2D eigenvalue weighted by molar-refractivity contribution is 0.474. The van der Waals surface area contributed by atoms with E-state index < -0.39 is 0 Å². The molecule has 2 heterocycles. The van der Waals surface area contributed by atoms with Gasteiger partial charge >= 0.3 is 0 Å². The fraction of sp³-hybridized carbons (Fsp3) is 0.273. The van der Waals surface area contributed by atoms with Crippen molar-refractivity contribution < 1.29 is 5.11 Å². The van der Waals surface area contributed by atoms with Gasteiger partial charge < -0.3 is 5.11 Å². The molecule has 2 rings (SSSR count). The van der Waals surface area contributed by atoms with Crippen LogP contribution in [0.2, 0.25) is 0 Å². The maximum absolute atomic E-state index is 9.72. The predicted octanol–water partition coefficient (Wildman–Crippen LogP) is 1.80. The van der Waals surface area contributed by atoms with E-state index in [-0.39, 0.29) is 5.75 Å². The molecule has 0 aliphatic rings. The molecule has 2 aromatic rings. The summed E-state index contributed by atoms with van der Waals surface area (Å²) in [4.78, 5) is 4.31. The number of hydrogen-bond acceptors (Lipinski definition) is 3. The summed E-state index contributed by atoms with van der Waals surface area (Å²) in [6.45, 7) is 3.81. The summed E-state index contributed by atoms with van der Waals surface area (Å²) in [5, 5.41) is 13.9.